The number of esters is 1. The predicted molar refractivity (Wildman–Crippen MR) is 118 cm³/mol. The number of ether oxygens (including phenoxy) is 1. The molecule has 0 aromatic carbocycles. The summed E-state index contributed by atoms with van der Waals surface area (Å²) < 4.78 is 13.2. The fraction of sp³-hybridized carbons (Fsp3) is 0.238. The average Bonchev–Trinajstić information content (AvgIpc) is 3.49. The summed E-state index contributed by atoms with van der Waals surface area (Å²) in [4.78, 5) is 22.0. The summed E-state index contributed by atoms with van der Waals surface area (Å²) in [6.07, 6.45) is 5.56. The van der Waals surface area contributed by atoms with E-state index in [0.717, 1.165) is 16.1 Å². The quantitative estimate of drug-likeness (QED) is 0.395. The summed E-state index contributed by atoms with van der Waals surface area (Å²) in [6.45, 7) is 2.53. The number of carbonyl (C=O) groups excluding carboxylic acids is 1. The number of nitrogens with zero attached hydrogens (tertiary/aromatic N) is 4. The van der Waals surface area contributed by atoms with Crippen LogP contribution in [0, 0.1) is 0 Å². The summed E-state index contributed by atoms with van der Waals surface area (Å²) in [6, 6.07) is 9.13. The number of pyridine rings is 1. The zero-order valence-electron chi connectivity index (χ0n) is 16.7. The van der Waals surface area contributed by atoms with Crippen molar-refractivity contribution in [1.82, 2.24) is 19.7 Å². The van der Waals surface area contributed by atoms with Crippen LogP contribution >= 0.6 is 22.9 Å². The number of rotatable bonds is 8. The minimum atomic E-state index is -0.548. The predicted octanol–water partition coefficient (Wildman–Crippen LogP) is 4.17. The molecule has 0 fully saturated rings. The first-order chi connectivity index (χ1) is 15.0. The third-order valence-corrected chi connectivity index (χ3v) is 5.83. The fourth-order valence-corrected chi connectivity index (χ4v) is 4.12. The van der Waals surface area contributed by atoms with Crippen LogP contribution < -0.4 is 5.73 Å². The molecule has 0 saturated carbocycles. The van der Waals surface area contributed by atoms with Crippen molar-refractivity contribution in [3.63, 3.8) is 0 Å². The van der Waals surface area contributed by atoms with E-state index in [0.29, 0.717) is 41.2 Å². The maximum atomic E-state index is 12.6. The number of thiophene rings is 1. The number of nitrogen functional groups attached to an aromatic ring is 1. The zero-order chi connectivity index (χ0) is 21.8. The third-order valence-electron chi connectivity index (χ3n) is 4.59. The summed E-state index contributed by atoms with van der Waals surface area (Å²) >= 11 is 7.42. The molecule has 4 aromatic heterocycles. The number of aromatic nitrogens is 4. The molecule has 0 aliphatic rings. The van der Waals surface area contributed by atoms with Crippen LogP contribution in [0.3, 0.4) is 0 Å². The van der Waals surface area contributed by atoms with E-state index in [9.17, 15) is 4.79 Å². The van der Waals surface area contributed by atoms with Crippen molar-refractivity contribution in [2.75, 3.05) is 12.3 Å². The molecule has 0 spiro atoms. The van der Waals surface area contributed by atoms with E-state index < -0.39 is 5.92 Å². The van der Waals surface area contributed by atoms with Gasteiger partial charge in [-0.1, -0.05) is 22.8 Å². The minimum absolute atomic E-state index is 0.296. The second kappa shape index (κ2) is 9.32. The van der Waals surface area contributed by atoms with Gasteiger partial charge in [0.25, 0.3) is 0 Å². The van der Waals surface area contributed by atoms with Crippen molar-refractivity contribution in [1.29, 1.82) is 0 Å². The van der Waals surface area contributed by atoms with Crippen LogP contribution in [0.5, 0.6) is 0 Å². The van der Waals surface area contributed by atoms with Crippen molar-refractivity contribution < 1.29 is 14.1 Å². The Morgan fingerprint density at radius 3 is 2.90 bits per heavy atom. The monoisotopic (exact) mass is 457 g/mol. The highest BCUT2D eigenvalue weighted by Gasteiger charge is 2.25. The Kier molecular flexibility index (Phi) is 6.34. The molecular weight excluding hydrogens is 438 g/mol. The van der Waals surface area contributed by atoms with E-state index in [2.05, 4.69) is 15.1 Å². The first kappa shape index (κ1) is 21.1. The maximum Gasteiger partial charge on any atom is 0.315 e. The largest absolute Gasteiger partial charge is 0.465 e. The van der Waals surface area contributed by atoms with E-state index in [4.69, 9.17) is 26.6 Å². The van der Waals surface area contributed by atoms with Crippen LogP contribution in [0.2, 0.25) is 4.34 Å². The van der Waals surface area contributed by atoms with Gasteiger partial charge in [0.15, 0.2) is 5.76 Å². The molecule has 160 valence electrons. The number of halogens is 1. The Bertz CT molecular complexity index is 1170. The second-order valence-corrected chi connectivity index (χ2v) is 8.57. The Labute approximate surface area is 187 Å². The topological polar surface area (TPSA) is 109 Å². The summed E-state index contributed by atoms with van der Waals surface area (Å²) in [5.41, 5.74) is 7.88. The molecule has 0 aliphatic carbocycles. The number of anilines is 1. The number of carbonyl (C=O) groups is 1. The van der Waals surface area contributed by atoms with Gasteiger partial charge in [-0.2, -0.15) is 0 Å². The molecule has 1 atom stereocenters. The van der Waals surface area contributed by atoms with Gasteiger partial charge in [0.1, 0.15) is 17.4 Å². The molecule has 0 bridgehead atoms. The van der Waals surface area contributed by atoms with Gasteiger partial charge in [0.2, 0.25) is 0 Å². The lowest BCUT2D eigenvalue weighted by Crippen LogP contribution is -2.19. The Morgan fingerprint density at radius 1 is 1.32 bits per heavy atom. The highest BCUT2D eigenvalue weighted by Crippen LogP contribution is 2.31. The number of imidazole rings is 1. The van der Waals surface area contributed by atoms with Crippen molar-refractivity contribution >= 4 is 34.7 Å². The van der Waals surface area contributed by atoms with Crippen molar-refractivity contribution in [3.05, 3.63) is 70.3 Å². The average molecular weight is 458 g/mol. The van der Waals surface area contributed by atoms with Crippen LogP contribution in [0.1, 0.15) is 29.8 Å². The Morgan fingerprint density at radius 2 is 2.19 bits per heavy atom. The van der Waals surface area contributed by atoms with Gasteiger partial charge >= 0.3 is 5.97 Å². The standard InChI is InChI=1S/C21H20ClN5O3S/c1-2-29-21(28)15(7-13-3-6-20(23)24-9-13)16-11-27(12-25-16)10-14-8-17(30-26-14)18-4-5-19(22)31-18/h3-6,8-9,11-12,15H,2,7,10H2,1H3,(H2,23,24)/t15-/m1/s1. The van der Waals surface area contributed by atoms with Gasteiger partial charge in [-0.05, 0) is 37.1 Å². The lowest BCUT2D eigenvalue weighted by Gasteiger charge is -2.13. The van der Waals surface area contributed by atoms with Gasteiger partial charge in [0, 0.05) is 18.5 Å². The van der Waals surface area contributed by atoms with Crippen molar-refractivity contribution in [2.45, 2.75) is 25.8 Å². The van der Waals surface area contributed by atoms with Crippen LogP contribution in [-0.2, 0) is 22.5 Å². The fourth-order valence-electron chi connectivity index (χ4n) is 3.12. The highest BCUT2D eigenvalue weighted by molar-refractivity contribution is 7.19. The lowest BCUT2D eigenvalue weighted by molar-refractivity contribution is -0.145. The highest BCUT2D eigenvalue weighted by atomic mass is 35.5. The number of nitrogens with two attached hydrogens (primary N) is 1. The molecule has 2 N–H and O–H groups in total. The molecule has 4 rings (SSSR count). The maximum absolute atomic E-state index is 12.6. The van der Waals surface area contributed by atoms with Gasteiger partial charge in [0.05, 0.1) is 34.4 Å². The summed E-state index contributed by atoms with van der Waals surface area (Å²) in [5, 5.41) is 4.12. The van der Waals surface area contributed by atoms with E-state index in [-0.39, 0.29) is 5.97 Å². The van der Waals surface area contributed by atoms with E-state index in [1.165, 1.54) is 11.3 Å². The lowest BCUT2D eigenvalue weighted by atomic mass is 9.97. The summed E-state index contributed by atoms with van der Waals surface area (Å²) in [7, 11) is 0. The van der Waals surface area contributed by atoms with E-state index in [1.54, 1.807) is 25.5 Å². The Balaban J connectivity index is 1.51. The van der Waals surface area contributed by atoms with Gasteiger partial charge in [-0.15, -0.1) is 11.3 Å². The minimum Gasteiger partial charge on any atom is -0.465 e. The zero-order valence-corrected chi connectivity index (χ0v) is 18.3. The normalized spacial score (nSPS) is 12.1. The van der Waals surface area contributed by atoms with Crippen LogP contribution in [-0.4, -0.2) is 32.3 Å². The molecule has 4 heterocycles. The molecule has 0 saturated heterocycles. The van der Waals surface area contributed by atoms with Crippen LogP contribution in [0.15, 0.2) is 53.6 Å². The molecule has 4 aromatic rings. The summed E-state index contributed by atoms with van der Waals surface area (Å²) in [5.74, 6) is 0.209. The third kappa shape index (κ3) is 5.12. The first-order valence-electron chi connectivity index (χ1n) is 9.62. The van der Waals surface area contributed by atoms with Gasteiger partial charge in [-0.25, -0.2) is 9.97 Å². The molecular formula is C21H20ClN5O3S. The van der Waals surface area contributed by atoms with E-state index in [1.807, 2.05) is 35.0 Å². The molecule has 10 heteroatoms. The van der Waals surface area contributed by atoms with E-state index >= 15 is 0 Å². The number of hydrogen-bond donors (Lipinski definition) is 1. The van der Waals surface area contributed by atoms with Crippen LogP contribution in [0.4, 0.5) is 5.82 Å². The molecule has 8 nitrogen and oxygen atoms in total. The Hall–Kier alpha value is -3.17. The second-order valence-electron chi connectivity index (χ2n) is 6.86. The molecule has 0 radical (unpaired) electrons. The van der Waals surface area contributed by atoms with Crippen LogP contribution in [0.25, 0.3) is 10.6 Å². The van der Waals surface area contributed by atoms with Gasteiger partial charge < -0.3 is 19.6 Å². The van der Waals surface area contributed by atoms with Gasteiger partial charge in [-0.3, -0.25) is 4.79 Å². The van der Waals surface area contributed by atoms with Crippen molar-refractivity contribution in [3.8, 4) is 10.6 Å². The molecule has 0 aliphatic heterocycles. The number of hydrogen-bond acceptors (Lipinski definition) is 8. The first-order valence-corrected chi connectivity index (χ1v) is 10.8. The molecule has 0 unspecified atom stereocenters. The molecule has 0 amide bonds. The van der Waals surface area contributed by atoms with Crippen molar-refractivity contribution in [2.24, 2.45) is 0 Å². The smallest absolute Gasteiger partial charge is 0.315 e. The SMILES string of the molecule is CCOC(=O)[C@H](Cc1ccc(N)nc1)c1cn(Cc2cc(-c3ccc(Cl)s3)on2)cn1. The molecule has 31 heavy (non-hydrogen) atoms.